The van der Waals surface area contributed by atoms with Gasteiger partial charge in [0.15, 0.2) is 0 Å². The van der Waals surface area contributed by atoms with E-state index >= 15 is 0 Å². The van der Waals surface area contributed by atoms with Crippen LogP contribution in [0, 0.1) is 0 Å². The molecule has 0 fully saturated rings. The Hall–Kier alpha value is -0.980. The van der Waals surface area contributed by atoms with Crippen molar-refractivity contribution >= 4 is 0 Å². The van der Waals surface area contributed by atoms with E-state index in [-0.39, 0.29) is 12.1 Å². The van der Waals surface area contributed by atoms with Gasteiger partial charge in [-0.05, 0) is 27.3 Å². The van der Waals surface area contributed by atoms with Crippen LogP contribution >= 0.6 is 0 Å². The summed E-state index contributed by atoms with van der Waals surface area (Å²) in [5.74, 6) is 0. The Bertz CT molecular complexity index is 354. The van der Waals surface area contributed by atoms with E-state index in [9.17, 15) is 0 Å². The third-order valence-corrected chi connectivity index (χ3v) is 3.04. The lowest BCUT2D eigenvalue weighted by Gasteiger charge is -2.18. The third kappa shape index (κ3) is 3.51. The van der Waals surface area contributed by atoms with Crippen LogP contribution in [0.2, 0.25) is 0 Å². The average molecular weight is 256 g/mol. The summed E-state index contributed by atoms with van der Waals surface area (Å²) in [5, 5.41) is 11.6. The van der Waals surface area contributed by atoms with Gasteiger partial charge in [-0.15, -0.1) is 5.10 Å². The van der Waals surface area contributed by atoms with Crippen LogP contribution in [-0.4, -0.2) is 42.9 Å². The van der Waals surface area contributed by atoms with E-state index in [2.05, 4.69) is 22.6 Å². The van der Waals surface area contributed by atoms with E-state index in [0.717, 1.165) is 17.8 Å². The predicted molar refractivity (Wildman–Crippen MR) is 69.4 cm³/mol. The van der Waals surface area contributed by atoms with Crippen LogP contribution in [-0.2, 0) is 16.0 Å². The maximum absolute atomic E-state index is 5.42. The van der Waals surface area contributed by atoms with Crippen molar-refractivity contribution in [2.45, 2.75) is 39.0 Å². The Morgan fingerprint density at radius 1 is 1.33 bits per heavy atom. The molecular formula is C12H24N4O2. The SMILES string of the molecule is CNCc1nnn(C(C)CCOC)c1C(C)OC. The van der Waals surface area contributed by atoms with Crippen LogP contribution < -0.4 is 5.32 Å². The zero-order valence-corrected chi connectivity index (χ0v) is 11.9. The average Bonchev–Trinajstić information content (AvgIpc) is 2.79. The van der Waals surface area contributed by atoms with Crippen LogP contribution in [0.15, 0.2) is 0 Å². The molecule has 0 amide bonds. The van der Waals surface area contributed by atoms with Gasteiger partial charge in [-0.25, -0.2) is 4.68 Å². The lowest BCUT2D eigenvalue weighted by molar-refractivity contribution is 0.106. The zero-order chi connectivity index (χ0) is 13.5. The maximum Gasteiger partial charge on any atom is 0.102 e. The monoisotopic (exact) mass is 256 g/mol. The Labute approximate surface area is 109 Å². The lowest BCUT2D eigenvalue weighted by Crippen LogP contribution is -2.17. The quantitative estimate of drug-likeness (QED) is 0.759. The van der Waals surface area contributed by atoms with E-state index < -0.39 is 0 Å². The topological polar surface area (TPSA) is 61.2 Å². The molecule has 2 unspecified atom stereocenters. The molecular weight excluding hydrogens is 232 g/mol. The molecule has 0 saturated heterocycles. The van der Waals surface area contributed by atoms with Crippen molar-refractivity contribution in [3.05, 3.63) is 11.4 Å². The molecule has 0 bridgehead atoms. The first kappa shape index (κ1) is 15.1. The minimum absolute atomic E-state index is 0.0201. The molecule has 1 rings (SSSR count). The summed E-state index contributed by atoms with van der Waals surface area (Å²) in [5.41, 5.74) is 1.98. The number of rotatable bonds is 8. The van der Waals surface area contributed by atoms with Crippen LogP contribution in [0.3, 0.4) is 0 Å². The normalized spacial score (nSPS) is 14.7. The Morgan fingerprint density at radius 3 is 2.61 bits per heavy atom. The number of aromatic nitrogens is 3. The van der Waals surface area contributed by atoms with E-state index in [0.29, 0.717) is 13.2 Å². The molecule has 1 aromatic heterocycles. The first-order chi connectivity index (χ1) is 8.65. The fourth-order valence-corrected chi connectivity index (χ4v) is 1.90. The summed E-state index contributed by atoms with van der Waals surface area (Å²) in [6.07, 6.45) is 0.885. The smallest absolute Gasteiger partial charge is 0.102 e. The van der Waals surface area contributed by atoms with Gasteiger partial charge in [0.25, 0.3) is 0 Å². The van der Waals surface area contributed by atoms with E-state index in [1.807, 2.05) is 18.7 Å². The largest absolute Gasteiger partial charge is 0.385 e. The molecule has 0 aliphatic carbocycles. The van der Waals surface area contributed by atoms with E-state index in [1.54, 1.807) is 14.2 Å². The van der Waals surface area contributed by atoms with Gasteiger partial charge in [-0.2, -0.15) is 0 Å². The van der Waals surface area contributed by atoms with Gasteiger partial charge in [0.05, 0.1) is 17.8 Å². The van der Waals surface area contributed by atoms with E-state index in [4.69, 9.17) is 9.47 Å². The molecule has 0 radical (unpaired) electrons. The molecule has 0 spiro atoms. The second kappa shape index (κ2) is 7.45. The van der Waals surface area contributed by atoms with E-state index in [1.165, 1.54) is 0 Å². The van der Waals surface area contributed by atoms with Gasteiger partial charge >= 0.3 is 0 Å². The third-order valence-electron chi connectivity index (χ3n) is 3.04. The molecule has 0 aliphatic rings. The van der Waals surface area contributed by atoms with Crippen molar-refractivity contribution in [3.8, 4) is 0 Å². The van der Waals surface area contributed by atoms with Gasteiger partial charge < -0.3 is 14.8 Å². The van der Waals surface area contributed by atoms with Gasteiger partial charge in [0.1, 0.15) is 5.69 Å². The molecule has 1 heterocycles. The van der Waals surface area contributed by atoms with Crippen molar-refractivity contribution in [1.82, 2.24) is 20.3 Å². The summed E-state index contributed by atoms with van der Waals surface area (Å²) < 4.78 is 12.5. The van der Waals surface area contributed by atoms with Crippen molar-refractivity contribution in [1.29, 1.82) is 0 Å². The van der Waals surface area contributed by atoms with Gasteiger partial charge in [0.2, 0.25) is 0 Å². The van der Waals surface area contributed by atoms with Crippen LogP contribution in [0.1, 0.15) is 43.8 Å². The summed E-state index contributed by atoms with van der Waals surface area (Å²) in [6.45, 7) is 5.53. The summed E-state index contributed by atoms with van der Waals surface area (Å²) in [6, 6.07) is 0.246. The molecule has 6 heteroatoms. The minimum Gasteiger partial charge on any atom is -0.385 e. The summed E-state index contributed by atoms with van der Waals surface area (Å²) in [4.78, 5) is 0. The molecule has 0 aromatic carbocycles. The first-order valence-electron chi connectivity index (χ1n) is 6.26. The highest BCUT2D eigenvalue weighted by Gasteiger charge is 2.21. The number of hydrogen-bond acceptors (Lipinski definition) is 5. The molecule has 0 saturated carbocycles. The van der Waals surface area contributed by atoms with Gasteiger partial charge in [-0.1, -0.05) is 5.21 Å². The van der Waals surface area contributed by atoms with Crippen LogP contribution in [0.25, 0.3) is 0 Å². The molecule has 1 aromatic rings. The Kier molecular flexibility index (Phi) is 6.24. The minimum atomic E-state index is -0.0201. The number of nitrogens with one attached hydrogen (secondary N) is 1. The standard InChI is InChI=1S/C12H24N4O2/c1-9(6-7-17-4)16-12(10(2)18-5)11(8-13-3)14-15-16/h9-10,13H,6-8H2,1-5H3. The van der Waals surface area contributed by atoms with Crippen molar-refractivity contribution in [3.63, 3.8) is 0 Å². The first-order valence-corrected chi connectivity index (χ1v) is 6.26. The maximum atomic E-state index is 5.42. The highest BCUT2D eigenvalue weighted by molar-refractivity contribution is 5.13. The van der Waals surface area contributed by atoms with Crippen LogP contribution in [0.4, 0.5) is 0 Å². The van der Waals surface area contributed by atoms with Crippen molar-refractivity contribution in [2.24, 2.45) is 0 Å². The highest BCUT2D eigenvalue weighted by atomic mass is 16.5. The highest BCUT2D eigenvalue weighted by Crippen LogP contribution is 2.23. The van der Waals surface area contributed by atoms with Gasteiger partial charge in [0, 0.05) is 27.4 Å². The van der Waals surface area contributed by atoms with Crippen molar-refractivity contribution < 1.29 is 9.47 Å². The number of methoxy groups -OCH3 is 2. The number of nitrogens with zero attached hydrogens (tertiary/aromatic N) is 3. The van der Waals surface area contributed by atoms with Crippen LogP contribution in [0.5, 0.6) is 0 Å². The number of ether oxygens (including phenoxy) is 2. The fraction of sp³-hybridized carbons (Fsp3) is 0.833. The Morgan fingerprint density at radius 2 is 2.06 bits per heavy atom. The van der Waals surface area contributed by atoms with Crippen molar-refractivity contribution in [2.75, 3.05) is 27.9 Å². The molecule has 1 N–H and O–H groups in total. The molecule has 104 valence electrons. The molecule has 2 atom stereocenters. The predicted octanol–water partition coefficient (Wildman–Crippen LogP) is 1.30. The summed E-state index contributed by atoms with van der Waals surface area (Å²) >= 11 is 0. The fourth-order valence-electron chi connectivity index (χ4n) is 1.90. The molecule has 18 heavy (non-hydrogen) atoms. The second-order valence-electron chi connectivity index (χ2n) is 4.40. The molecule has 0 aliphatic heterocycles. The molecule has 6 nitrogen and oxygen atoms in total. The van der Waals surface area contributed by atoms with Gasteiger partial charge in [-0.3, -0.25) is 0 Å². The second-order valence-corrected chi connectivity index (χ2v) is 4.40. The number of hydrogen-bond donors (Lipinski definition) is 1. The zero-order valence-electron chi connectivity index (χ0n) is 11.9. The lowest BCUT2D eigenvalue weighted by atomic mass is 10.1. The summed E-state index contributed by atoms with van der Waals surface area (Å²) in [7, 11) is 5.30. The Balaban J connectivity index is 2.95.